The van der Waals surface area contributed by atoms with E-state index in [0.717, 1.165) is 38.0 Å². The topological polar surface area (TPSA) is 35.5 Å². The van der Waals surface area contributed by atoms with Crippen LogP contribution in [0.25, 0.3) is 0 Å². The summed E-state index contributed by atoms with van der Waals surface area (Å²) >= 11 is 0. The van der Waals surface area contributed by atoms with Gasteiger partial charge in [0.2, 0.25) is 0 Å². The first kappa shape index (κ1) is 13.6. The van der Waals surface area contributed by atoms with Crippen molar-refractivity contribution in [1.82, 2.24) is 0 Å². The van der Waals surface area contributed by atoms with Crippen molar-refractivity contribution in [1.29, 1.82) is 0 Å². The predicted molar refractivity (Wildman–Crippen MR) is 76.8 cm³/mol. The number of para-hydroxylation sites is 1. The Morgan fingerprint density at radius 2 is 2.00 bits per heavy atom. The second-order valence-electron chi connectivity index (χ2n) is 6.00. The van der Waals surface area contributed by atoms with E-state index in [4.69, 9.17) is 9.47 Å². The molecule has 0 aromatic heterocycles. The Labute approximate surface area is 120 Å². The van der Waals surface area contributed by atoms with Gasteiger partial charge in [0, 0.05) is 12.5 Å². The molecule has 108 valence electrons. The van der Waals surface area contributed by atoms with E-state index in [2.05, 4.69) is 0 Å². The number of Topliss-reactive ketones (excluding diaryl/α,β-unsaturated/α-hetero) is 1. The summed E-state index contributed by atoms with van der Waals surface area (Å²) in [6, 6.07) is 9.55. The lowest BCUT2D eigenvalue weighted by Crippen LogP contribution is -2.40. The van der Waals surface area contributed by atoms with Gasteiger partial charge < -0.3 is 9.47 Å². The molecular weight excluding hydrogens is 252 g/mol. The third kappa shape index (κ3) is 3.04. The molecule has 1 saturated carbocycles. The average molecular weight is 274 g/mol. The zero-order valence-electron chi connectivity index (χ0n) is 11.8. The van der Waals surface area contributed by atoms with Gasteiger partial charge in [-0.1, -0.05) is 31.0 Å². The zero-order chi connectivity index (χ0) is 13.8. The summed E-state index contributed by atoms with van der Waals surface area (Å²) in [6.07, 6.45) is 6.46. The minimum absolute atomic E-state index is 0.00528. The van der Waals surface area contributed by atoms with Gasteiger partial charge >= 0.3 is 0 Å². The predicted octanol–water partition coefficient (Wildman–Crippen LogP) is 3.37. The van der Waals surface area contributed by atoms with Crippen LogP contribution in [0.15, 0.2) is 30.3 Å². The molecule has 1 aromatic rings. The summed E-state index contributed by atoms with van der Waals surface area (Å²) < 4.78 is 11.6. The van der Waals surface area contributed by atoms with E-state index in [-0.39, 0.29) is 23.9 Å². The fourth-order valence-corrected chi connectivity index (χ4v) is 3.46. The number of hydrogen-bond acceptors (Lipinski definition) is 3. The molecule has 3 nitrogen and oxygen atoms in total. The summed E-state index contributed by atoms with van der Waals surface area (Å²) in [5, 5.41) is 0. The molecule has 0 radical (unpaired) electrons. The third-order valence-corrected chi connectivity index (χ3v) is 4.59. The Kier molecular flexibility index (Phi) is 4.06. The van der Waals surface area contributed by atoms with Crippen molar-refractivity contribution < 1.29 is 14.3 Å². The highest BCUT2D eigenvalue weighted by atomic mass is 16.5. The number of ketones is 1. The van der Waals surface area contributed by atoms with E-state index in [1.165, 1.54) is 12.8 Å². The number of ether oxygens (including phenoxy) is 2. The highest BCUT2D eigenvalue weighted by Gasteiger charge is 2.41. The normalized spacial score (nSPS) is 24.7. The minimum atomic E-state index is 0.00528. The maximum Gasteiger partial charge on any atom is 0.173 e. The van der Waals surface area contributed by atoms with Crippen LogP contribution in [0.1, 0.15) is 38.5 Å². The molecule has 3 heteroatoms. The molecular formula is C17H22O3. The van der Waals surface area contributed by atoms with Crippen LogP contribution in [0.2, 0.25) is 0 Å². The highest BCUT2D eigenvalue weighted by molar-refractivity contribution is 5.82. The van der Waals surface area contributed by atoms with E-state index in [0.29, 0.717) is 0 Å². The van der Waals surface area contributed by atoms with Crippen LogP contribution in [0.4, 0.5) is 0 Å². The van der Waals surface area contributed by atoms with Gasteiger partial charge in [0.25, 0.3) is 0 Å². The second kappa shape index (κ2) is 5.96. The largest absolute Gasteiger partial charge is 0.486 e. The summed E-state index contributed by atoms with van der Waals surface area (Å²) in [5.41, 5.74) is 0.00528. The fourth-order valence-electron chi connectivity index (χ4n) is 3.46. The van der Waals surface area contributed by atoms with Crippen LogP contribution in [0.3, 0.4) is 0 Å². The van der Waals surface area contributed by atoms with Crippen LogP contribution >= 0.6 is 0 Å². The molecule has 1 spiro atoms. The third-order valence-electron chi connectivity index (χ3n) is 4.59. The standard InChI is InChI=1S/C17H22O3/c18-16(13-19-15-6-2-1-3-7-15)14-8-11-20-17(12-14)9-4-5-10-17/h1-3,6-7,14H,4-5,8-13H2. The number of hydrogen-bond donors (Lipinski definition) is 0. The molecule has 0 N–H and O–H groups in total. The molecule has 1 unspecified atom stereocenters. The van der Waals surface area contributed by atoms with E-state index < -0.39 is 0 Å². The van der Waals surface area contributed by atoms with Crippen LogP contribution < -0.4 is 4.74 Å². The van der Waals surface area contributed by atoms with Crippen molar-refractivity contribution in [3.8, 4) is 5.75 Å². The monoisotopic (exact) mass is 274 g/mol. The summed E-state index contributed by atoms with van der Waals surface area (Å²) in [5.74, 6) is 1.11. The van der Waals surface area contributed by atoms with Crippen LogP contribution in [0, 0.1) is 5.92 Å². The van der Waals surface area contributed by atoms with E-state index in [1.54, 1.807) is 0 Å². The molecule has 20 heavy (non-hydrogen) atoms. The van der Waals surface area contributed by atoms with Crippen molar-refractivity contribution in [3.63, 3.8) is 0 Å². The van der Waals surface area contributed by atoms with Gasteiger partial charge in [-0.25, -0.2) is 0 Å². The Bertz CT molecular complexity index is 449. The molecule has 0 bridgehead atoms. The average Bonchev–Trinajstić information content (AvgIpc) is 2.93. The van der Waals surface area contributed by atoms with Crippen molar-refractivity contribution in [2.24, 2.45) is 5.92 Å². The SMILES string of the molecule is O=C(COc1ccccc1)C1CCOC2(CCCC2)C1. The van der Waals surface area contributed by atoms with Gasteiger partial charge in [-0.15, -0.1) is 0 Å². The van der Waals surface area contributed by atoms with Crippen LogP contribution in [-0.4, -0.2) is 24.6 Å². The van der Waals surface area contributed by atoms with Crippen LogP contribution in [0.5, 0.6) is 5.75 Å². The number of benzene rings is 1. The molecule has 1 saturated heterocycles. The first-order valence-electron chi connectivity index (χ1n) is 7.62. The molecule has 3 rings (SSSR count). The zero-order valence-corrected chi connectivity index (χ0v) is 11.8. The summed E-state index contributed by atoms with van der Waals surface area (Å²) in [7, 11) is 0. The van der Waals surface area contributed by atoms with Crippen molar-refractivity contribution in [3.05, 3.63) is 30.3 Å². The molecule has 1 heterocycles. The number of carbonyl (C=O) groups is 1. The molecule has 2 aliphatic rings. The Morgan fingerprint density at radius 3 is 2.75 bits per heavy atom. The Morgan fingerprint density at radius 1 is 1.25 bits per heavy atom. The first-order valence-corrected chi connectivity index (χ1v) is 7.62. The second-order valence-corrected chi connectivity index (χ2v) is 6.00. The maximum atomic E-state index is 12.3. The Balaban J connectivity index is 1.54. The smallest absolute Gasteiger partial charge is 0.173 e. The lowest BCUT2D eigenvalue weighted by Gasteiger charge is -2.37. The molecule has 1 aliphatic heterocycles. The lowest BCUT2D eigenvalue weighted by molar-refractivity contribution is -0.138. The van der Waals surface area contributed by atoms with Crippen molar-refractivity contribution in [2.45, 2.75) is 44.1 Å². The number of rotatable bonds is 4. The van der Waals surface area contributed by atoms with Gasteiger partial charge in [-0.05, 0) is 37.8 Å². The van der Waals surface area contributed by atoms with Gasteiger partial charge in [0.1, 0.15) is 12.4 Å². The maximum absolute atomic E-state index is 12.3. The van der Waals surface area contributed by atoms with E-state index in [1.807, 2.05) is 30.3 Å². The van der Waals surface area contributed by atoms with Crippen LogP contribution in [-0.2, 0) is 9.53 Å². The summed E-state index contributed by atoms with van der Waals surface area (Å²) in [4.78, 5) is 12.3. The lowest BCUT2D eigenvalue weighted by atomic mass is 9.82. The van der Waals surface area contributed by atoms with Gasteiger partial charge in [-0.3, -0.25) is 4.79 Å². The van der Waals surface area contributed by atoms with Crippen molar-refractivity contribution >= 4 is 5.78 Å². The highest BCUT2D eigenvalue weighted by Crippen LogP contribution is 2.42. The van der Waals surface area contributed by atoms with Gasteiger partial charge in [0.05, 0.1) is 5.60 Å². The molecule has 0 amide bonds. The van der Waals surface area contributed by atoms with Gasteiger partial charge in [0.15, 0.2) is 5.78 Å². The quantitative estimate of drug-likeness (QED) is 0.844. The fraction of sp³-hybridized carbons (Fsp3) is 0.588. The molecule has 1 aromatic carbocycles. The molecule has 1 atom stereocenters. The molecule has 2 fully saturated rings. The minimum Gasteiger partial charge on any atom is -0.486 e. The summed E-state index contributed by atoms with van der Waals surface area (Å²) in [6.45, 7) is 0.909. The first-order chi connectivity index (χ1) is 9.77. The van der Waals surface area contributed by atoms with E-state index >= 15 is 0 Å². The molecule has 1 aliphatic carbocycles. The van der Waals surface area contributed by atoms with Gasteiger partial charge in [-0.2, -0.15) is 0 Å². The van der Waals surface area contributed by atoms with E-state index in [9.17, 15) is 4.79 Å². The number of carbonyl (C=O) groups excluding carboxylic acids is 1. The van der Waals surface area contributed by atoms with Crippen molar-refractivity contribution in [2.75, 3.05) is 13.2 Å². The Hall–Kier alpha value is -1.35.